The maximum Gasteiger partial charge on any atom is 0.0944 e. The van der Waals surface area contributed by atoms with Gasteiger partial charge in [-0.15, -0.1) is 0 Å². The normalized spacial score (nSPS) is 38.5. The van der Waals surface area contributed by atoms with E-state index in [0.717, 1.165) is 12.3 Å². The van der Waals surface area contributed by atoms with E-state index in [1.165, 1.54) is 0 Å². The van der Waals surface area contributed by atoms with E-state index in [1.807, 2.05) is 7.05 Å². The lowest BCUT2D eigenvalue weighted by atomic mass is 9.90. The van der Waals surface area contributed by atoms with Gasteiger partial charge in [-0.2, -0.15) is 0 Å². The van der Waals surface area contributed by atoms with Crippen LogP contribution < -0.4 is 11.1 Å². The molecule has 0 radical (unpaired) electrons. The maximum atomic E-state index is 5.65. The Morgan fingerprint density at radius 3 is 2.64 bits per heavy atom. The summed E-state index contributed by atoms with van der Waals surface area (Å²) in [5, 5.41) is 3.26. The predicted octanol–water partition coefficient (Wildman–Crippen LogP) is 0.360. The molecule has 3 unspecified atom stereocenters. The standard InChI is InChI=1S/C8H17N3/c1-5-4-7(9)11-6(2)8(5)10-3/h5-6,8,10H,4H2,1-3H3,(H2,9,11). The molecule has 3 nitrogen and oxygen atoms in total. The highest BCUT2D eigenvalue weighted by atomic mass is 15.0. The van der Waals surface area contributed by atoms with Crippen LogP contribution in [0.25, 0.3) is 0 Å². The smallest absolute Gasteiger partial charge is 0.0944 e. The van der Waals surface area contributed by atoms with Crippen LogP contribution in [0, 0.1) is 5.92 Å². The highest BCUT2D eigenvalue weighted by Gasteiger charge is 2.26. The van der Waals surface area contributed by atoms with Crippen LogP contribution in [0.2, 0.25) is 0 Å². The van der Waals surface area contributed by atoms with Crippen molar-refractivity contribution in [2.24, 2.45) is 16.6 Å². The van der Waals surface area contributed by atoms with Gasteiger partial charge >= 0.3 is 0 Å². The average Bonchev–Trinajstić information content (AvgIpc) is 1.85. The van der Waals surface area contributed by atoms with Gasteiger partial charge in [0.1, 0.15) is 0 Å². The Bertz CT molecular complexity index is 165. The molecule has 64 valence electrons. The molecule has 1 aliphatic rings. The molecular weight excluding hydrogens is 138 g/mol. The Morgan fingerprint density at radius 2 is 2.18 bits per heavy atom. The van der Waals surface area contributed by atoms with Crippen molar-refractivity contribution in [2.75, 3.05) is 7.05 Å². The number of nitrogens with zero attached hydrogens (tertiary/aromatic N) is 1. The summed E-state index contributed by atoms with van der Waals surface area (Å²) in [6, 6.07) is 0.811. The van der Waals surface area contributed by atoms with Crippen molar-refractivity contribution >= 4 is 5.84 Å². The van der Waals surface area contributed by atoms with Gasteiger partial charge in [0.2, 0.25) is 0 Å². The summed E-state index contributed by atoms with van der Waals surface area (Å²) in [4.78, 5) is 4.32. The highest BCUT2D eigenvalue weighted by molar-refractivity contribution is 5.81. The first-order valence-corrected chi connectivity index (χ1v) is 4.14. The van der Waals surface area contributed by atoms with Crippen molar-refractivity contribution in [1.29, 1.82) is 0 Å². The number of rotatable bonds is 1. The van der Waals surface area contributed by atoms with Crippen molar-refractivity contribution in [1.82, 2.24) is 5.32 Å². The Morgan fingerprint density at radius 1 is 1.55 bits per heavy atom. The molecule has 1 heterocycles. The molecule has 1 aliphatic heterocycles. The van der Waals surface area contributed by atoms with Gasteiger partial charge in [0.05, 0.1) is 11.9 Å². The Labute approximate surface area is 68.1 Å². The van der Waals surface area contributed by atoms with Crippen LogP contribution in [0.5, 0.6) is 0 Å². The fourth-order valence-corrected chi connectivity index (χ4v) is 1.85. The number of nitrogens with one attached hydrogen (secondary N) is 1. The predicted molar refractivity (Wildman–Crippen MR) is 47.7 cm³/mol. The average molecular weight is 155 g/mol. The van der Waals surface area contributed by atoms with E-state index >= 15 is 0 Å². The third-order valence-electron chi connectivity index (χ3n) is 2.37. The summed E-state index contributed by atoms with van der Waals surface area (Å²) in [6.45, 7) is 4.31. The van der Waals surface area contributed by atoms with E-state index in [9.17, 15) is 0 Å². The quantitative estimate of drug-likeness (QED) is 0.574. The molecule has 3 N–H and O–H groups in total. The molecule has 0 saturated heterocycles. The van der Waals surface area contributed by atoms with Gasteiger partial charge in [0.15, 0.2) is 0 Å². The minimum atomic E-state index is 0.323. The lowest BCUT2D eigenvalue weighted by Crippen LogP contribution is -2.45. The largest absolute Gasteiger partial charge is 0.387 e. The van der Waals surface area contributed by atoms with E-state index in [1.54, 1.807) is 0 Å². The molecule has 0 aromatic carbocycles. The fourth-order valence-electron chi connectivity index (χ4n) is 1.85. The van der Waals surface area contributed by atoms with Gasteiger partial charge in [0, 0.05) is 12.5 Å². The van der Waals surface area contributed by atoms with Gasteiger partial charge in [-0.05, 0) is 19.9 Å². The molecule has 1 rings (SSSR count). The van der Waals surface area contributed by atoms with Crippen LogP contribution in [0.3, 0.4) is 0 Å². The van der Waals surface area contributed by atoms with Crippen LogP contribution in [-0.4, -0.2) is 25.0 Å². The lowest BCUT2D eigenvalue weighted by Gasteiger charge is -2.31. The molecular formula is C8H17N3. The Hall–Kier alpha value is -0.570. The third kappa shape index (κ3) is 1.71. The van der Waals surface area contributed by atoms with Gasteiger partial charge in [-0.1, -0.05) is 6.92 Å². The maximum absolute atomic E-state index is 5.65. The van der Waals surface area contributed by atoms with Crippen LogP contribution in [0.15, 0.2) is 4.99 Å². The van der Waals surface area contributed by atoms with Gasteiger partial charge in [0.25, 0.3) is 0 Å². The molecule has 11 heavy (non-hydrogen) atoms. The summed E-state index contributed by atoms with van der Waals surface area (Å²) >= 11 is 0. The highest BCUT2D eigenvalue weighted by Crippen LogP contribution is 2.18. The summed E-state index contributed by atoms with van der Waals surface area (Å²) in [5.41, 5.74) is 5.65. The van der Waals surface area contributed by atoms with E-state index in [0.29, 0.717) is 18.0 Å². The SMILES string of the molecule is CNC1C(C)CC(N)=NC1C. The van der Waals surface area contributed by atoms with E-state index in [4.69, 9.17) is 5.73 Å². The Balaban J connectivity index is 2.69. The summed E-state index contributed by atoms with van der Waals surface area (Å²) < 4.78 is 0. The van der Waals surface area contributed by atoms with Crippen molar-refractivity contribution in [3.63, 3.8) is 0 Å². The van der Waals surface area contributed by atoms with Crippen molar-refractivity contribution in [2.45, 2.75) is 32.4 Å². The monoisotopic (exact) mass is 155 g/mol. The van der Waals surface area contributed by atoms with Crippen LogP contribution >= 0.6 is 0 Å². The number of hydrogen-bond acceptors (Lipinski definition) is 3. The van der Waals surface area contributed by atoms with E-state index in [-0.39, 0.29) is 0 Å². The molecule has 0 aromatic rings. The zero-order valence-corrected chi connectivity index (χ0v) is 7.46. The first kappa shape index (κ1) is 8.53. The first-order valence-electron chi connectivity index (χ1n) is 4.14. The van der Waals surface area contributed by atoms with E-state index < -0.39 is 0 Å². The zero-order valence-electron chi connectivity index (χ0n) is 7.46. The number of nitrogens with two attached hydrogens (primary N) is 1. The van der Waals surface area contributed by atoms with Gasteiger partial charge in [-0.25, -0.2) is 0 Å². The topological polar surface area (TPSA) is 50.4 Å². The van der Waals surface area contributed by atoms with Crippen LogP contribution in [0.1, 0.15) is 20.3 Å². The second-order valence-corrected chi connectivity index (χ2v) is 3.36. The van der Waals surface area contributed by atoms with E-state index in [2.05, 4.69) is 24.2 Å². The molecule has 0 amide bonds. The lowest BCUT2D eigenvalue weighted by molar-refractivity contribution is 0.345. The second kappa shape index (κ2) is 3.22. The molecule has 0 spiro atoms. The van der Waals surface area contributed by atoms with Crippen molar-refractivity contribution in [3.05, 3.63) is 0 Å². The summed E-state index contributed by atoms with van der Waals surface area (Å²) in [5.74, 6) is 1.41. The van der Waals surface area contributed by atoms with Crippen LogP contribution in [-0.2, 0) is 0 Å². The number of aliphatic imine (C=N–C) groups is 1. The van der Waals surface area contributed by atoms with Crippen molar-refractivity contribution in [3.8, 4) is 0 Å². The fraction of sp³-hybridized carbons (Fsp3) is 0.875. The molecule has 0 saturated carbocycles. The summed E-state index contributed by atoms with van der Waals surface area (Å²) in [7, 11) is 1.98. The first-order chi connectivity index (χ1) is 5.15. The number of hydrogen-bond donors (Lipinski definition) is 2. The molecule has 3 atom stereocenters. The van der Waals surface area contributed by atoms with Crippen LogP contribution in [0.4, 0.5) is 0 Å². The molecule has 0 aliphatic carbocycles. The molecule has 0 aromatic heterocycles. The summed E-state index contributed by atoms with van der Waals surface area (Å²) in [6.07, 6.45) is 0.926. The van der Waals surface area contributed by atoms with Gasteiger partial charge in [-0.3, -0.25) is 4.99 Å². The molecule has 0 bridgehead atoms. The zero-order chi connectivity index (χ0) is 8.43. The molecule has 0 fully saturated rings. The Kier molecular flexibility index (Phi) is 2.49. The van der Waals surface area contributed by atoms with Gasteiger partial charge < -0.3 is 11.1 Å². The molecule has 3 heteroatoms. The van der Waals surface area contributed by atoms with Crippen molar-refractivity contribution < 1.29 is 0 Å². The minimum absolute atomic E-state index is 0.323. The number of likely N-dealkylation sites (N-methyl/N-ethyl adjacent to an activating group) is 1. The minimum Gasteiger partial charge on any atom is -0.387 e. The third-order valence-corrected chi connectivity index (χ3v) is 2.37. The second-order valence-electron chi connectivity index (χ2n) is 3.36. The number of amidine groups is 1.